The van der Waals surface area contributed by atoms with E-state index in [1.165, 1.54) is 18.4 Å². The van der Waals surface area contributed by atoms with Crippen LogP contribution >= 0.6 is 0 Å². The molecule has 0 amide bonds. The Balaban J connectivity index is 1.99. The Morgan fingerprint density at radius 2 is 2.32 bits per heavy atom. The first kappa shape index (κ1) is 14.4. The van der Waals surface area contributed by atoms with Crippen LogP contribution < -0.4 is 4.57 Å². The van der Waals surface area contributed by atoms with Crippen LogP contribution in [0.5, 0.6) is 0 Å². The molecule has 1 aliphatic heterocycles. The first-order chi connectivity index (χ1) is 8.96. The minimum Gasteiger partial charge on any atom is -0.299 e. The second-order valence-electron chi connectivity index (χ2n) is 5.15. The van der Waals surface area contributed by atoms with Crippen molar-refractivity contribution in [3.05, 3.63) is 30.1 Å². The van der Waals surface area contributed by atoms with Gasteiger partial charge in [0.25, 0.3) is 10.1 Å². The number of likely N-dealkylation sites (tertiary alicyclic amines) is 1. The normalized spacial score (nSPS) is 20.8. The van der Waals surface area contributed by atoms with Gasteiger partial charge < -0.3 is 0 Å². The molecule has 1 atom stereocenters. The van der Waals surface area contributed by atoms with Gasteiger partial charge >= 0.3 is 0 Å². The van der Waals surface area contributed by atoms with E-state index in [-0.39, 0.29) is 5.75 Å². The van der Waals surface area contributed by atoms with Crippen molar-refractivity contribution in [2.75, 3.05) is 19.3 Å². The Kier molecular flexibility index (Phi) is 4.54. The number of hydrogen-bond donors (Lipinski definition) is 1. The average molecular weight is 285 g/mol. The van der Waals surface area contributed by atoms with Crippen molar-refractivity contribution in [2.45, 2.75) is 31.8 Å². The maximum atomic E-state index is 10.7. The highest BCUT2D eigenvalue weighted by molar-refractivity contribution is 7.85. The molecule has 0 radical (unpaired) electrons. The maximum Gasteiger partial charge on any atom is 0.265 e. The number of aryl methyl sites for hydroxylation is 1. The molecule has 1 aliphatic rings. The van der Waals surface area contributed by atoms with Crippen molar-refractivity contribution in [1.82, 2.24) is 4.90 Å². The highest BCUT2D eigenvalue weighted by Crippen LogP contribution is 2.29. The van der Waals surface area contributed by atoms with Gasteiger partial charge in [0.15, 0.2) is 12.4 Å². The quantitative estimate of drug-likeness (QED) is 0.648. The third-order valence-electron chi connectivity index (χ3n) is 3.60. The number of hydrogen-bond acceptors (Lipinski definition) is 3. The van der Waals surface area contributed by atoms with Crippen LogP contribution in [0.1, 0.15) is 30.9 Å². The molecule has 1 aromatic rings. The first-order valence-electron chi connectivity index (χ1n) is 6.60. The molecule has 0 aliphatic carbocycles. The Morgan fingerprint density at radius 1 is 1.53 bits per heavy atom. The molecule has 2 heterocycles. The Labute approximate surface area is 114 Å². The Bertz CT molecular complexity index is 530. The van der Waals surface area contributed by atoms with Gasteiger partial charge in [-0.1, -0.05) is 0 Å². The molecule has 106 valence electrons. The molecule has 0 unspecified atom stereocenters. The Hall–Kier alpha value is -0.980. The fourth-order valence-corrected chi connectivity index (χ4v) is 3.13. The summed E-state index contributed by atoms with van der Waals surface area (Å²) in [7, 11) is -1.72. The zero-order chi connectivity index (χ0) is 13.9. The molecule has 5 nitrogen and oxygen atoms in total. The molecule has 6 heteroatoms. The molecule has 0 spiro atoms. The molecular formula is C13H21N2O3S+. The lowest BCUT2D eigenvalue weighted by atomic mass is 10.1. The summed E-state index contributed by atoms with van der Waals surface area (Å²) in [4.78, 5) is 2.35. The van der Waals surface area contributed by atoms with E-state index in [1.807, 2.05) is 16.8 Å². The number of pyridine rings is 1. The van der Waals surface area contributed by atoms with Crippen LogP contribution in [0.3, 0.4) is 0 Å². The van der Waals surface area contributed by atoms with Gasteiger partial charge in [-0.25, -0.2) is 4.57 Å². The zero-order valence-electron chi connectivity index (χ0n) is 11.2. The summed E-state index contributed by atoms with van der Waals surface area (Å²) < 4.78 is 32.1. The van der Waals surface area contributed by atoms with E-state index in [4.69, 9.17) is 4.55 Å². The summed E-state index contributed by atoms with van der Waals surface area (Å²) in [6, 6.07) is 4.58. The summed E-state index contributed by atoms with van der Waals surface area (Å²) in [5.41, 5.74) is 1.27. The van der Waals surface area contributed by atoms with Crippen LogP contribution in [0, 0.1) is 0 Å². The van der Waals surface area contributed by atoms with E-state index in [0.717, 1.165) is 6.54 Å². The SMILES string of the molecule is CN1CCC[C@H]1c1ccc[n+](CCCS(=O)(=O)O)c1. The third kappa shape index (κ3) is 4.26. The van der Waals surface area contributed by atoms with Crippen molar-refractivity contribution in [3.8, 4) is 0 Å². The van der Waals surface area contributed by atoms with E-state index in [1.54, 1.807) is 0 Å². The van der Waals surface area contributed by atoms with Crippen LogP contribution in [0.25, 0.3) is 0 Å². The summed E-state index contributed by atoms with van der Waals surface area (Å²) in [6.45, 7) is 1.73. The van der Waals surface area contributed by atoms with E-state index in [0.29, 0.717) is 19.0 Å². The predicted molar refractivity (Wildman–Crippen MR) is 72.3 cm³/mol. The minimum absolute atomic E-state index is 0.187. The molecule has 1 saturated heterocycles. The lowest BCUT2D eigenvalue weighted by Gasteiger charge is -2.18. The topological polar surface area (TPSA) is 61.5 Å². The smallest absolute Gasteiger partial charge is 0.265 e. The molecule has 0 saturated carbocycles. The summed E-state index contributed by atoms with van der Waals surface area (Å²) >= 11 is 0. The highest BCUT2D eigenvalue weighted by Gasteiger charge is 2.24. The molecule has 1 N–H and O–H groups in total. The van der Waals surface area contributed by atoms with Crippen LogP contribution in [-0.2, 0) is 16.7 Å². The van der Waals surface area contributed by atoms with E-state index in [9.17, 15) is 8.42 Å². The van der Waals surface area contributed by atoms with Gasteiger partial charge in [-0.3, -0.25) is 9.45 Å². The zero-order valence-corrected chi connectivity index (χ0v) is 12.0. The molecule has 0 aromatic carbocycles. The van der Waals surface area contributed by atoms with Gasteiger partial charge in [-0.05, 0) is 32.5 Å². The molecule has 1 aromatic heterocycles. The second-order valence-corrected chi connectivity index (χ2v) is 6.73. The average Bonchev–Trinajstić information content (AvgIpc) is 2.74. The van der Waals surface area contributed by atoms with E-state index < -0.39 is 10.1 Å². The second kappa shape index (κ2) is 5.98. The third-order valence-corrected chi connectivity index (χ3v) is 4.41. The molecule has 2 rings (SSSR count). The van der Waals surface area contributed by atoms with Gasteiger partial charge in [-0.2, -0.15) is 8.42 Å². The van der Waals surface area contributed by atoms with E-state index in [2.05, 4.69) is 24.2 Å². The van der Waals surface area contributed by atoms with Gasteiger partial charge in [0.1, 0.15) is 6.54 Å². The standard InChI is InChI=1S/C13H20N2O3S/c1-14-7-3-6-13(14)12-5-2-8-15(11-12)9-4-10-19(16,17)18/h2,5,8,11,13H,3-4,6-7,9-10H2,1H3/p+1/t13-/m0/s1. The van der Waals surface area contributed by atoms with Crippen molar-refractivity contribution >= 4 is 10.1 Å². The predicted octanol–water partition coefficient (Wildman–Crippen LogP) is 1.02. The van der Waals surface area contributed by atoms with Crippen molar-refractivity contribution in [3.63, 3.8) is 0 Å². The molecule has 1 fully saturated rings. The first-order valence-corrected chi connectivity index (χ1v) is 8.21. The fraction of sp³-hybridized carbons (Fsp3) is 0.615. The van der Waals surface area contributed by atoms with Gasteiger partial charge in [0.2, 0.25) is 0 Å². The largest absolute Gasteiger partial charge is 0.299 e. The lowest BCUT2D eigenvalue weighted by Crippen LogP contribution is -2.35. The van der Waals surface area contributed by atoms with Crippen LogP contribution in [-0.4, -0.2) is 37.2 Å². The maximum absolute atomic E-state index is 10.7. The van der Waals surface area contributed by atoms with Crippen LogP contribution in [0.4, 0.5) is 0 Å². The summed E-state index contributed by atoms with van der Waals surface area (Å²) in [5.74, 6) is -0.187. The highest BCUT2D eigenvalue weighted by atomic mass is 32.2. The number of nitrogens with zero attached hydrogens (tertiary/aromatic N) is 2. The lowest BCUT2D eigenvalue weighted by molar-refractivity contribution is -0.697. The van der Waals surface area contributed by atoms with Crippen LogP contribution in [0.2, 0.25) is 0 Å². The van der Waals surface area contributed by atoms with Crippen molar-refractivity contribution < 1.29 is 17.5 Å². The molecular weight excluding hydrogens is 264 g/mol. The fourth-order valence-electron chi connectivity index (χ4n) is 2.64. The van der Waals surface area contributed by atoms with Crippen LogP contribution in [0.15, 0.2) is 24.5 Å². The summed E-state index contributed by atoms with van der Waals surface area (Å²) in [6.07, 6.45) is 6.83. The van der Waals surface area contributed by atoms with Crippen molar-refractivity contribution in [1.29, 1.82) is 0 Å². The van der Waals surface area contributed by atoms with E-state index >= 15 is 0 Å². The van der Waals surface area contributed by atoms with Gasteiger partial charge in [0.05, 0.1) is 5.75 Å². The van der Waals surface area contributed by atoms with Gasteiger partial charge in [-0.15, -0.1) is 0 Å². The van der Waals surface area contributed by atoms with Crippen molar-refractivity contribution in [2.24, 2.45) is 0 Å². The minimum atomic E-state index is -3.85. The number of rotatable bonds is 5. The molecule has 0 bridgehead atoms. The van der Waals surface area contributed by atoms with Gasteiger partial charge in [0, 0.05) is 24.1 Å². The number of aromatic nitrogens is 1. The monoisotopic (exact) mass is 285 g/mol. The Morgan fingerprint density at radius 3 is 2.95 bits per heavy atom. The summed E-state index contributed by atoms with van der Waals surface area (Å²) in [5, 5.41) is 0. The molecule has 19 heavy (non-hydrogen) atoms.